The summed E-state index contributed by atoms with van der Waals surface area (Å²) in [5, 5.41) is 15.0. The summed E-state index contributed by atoms with van der Waals surface area (Å²) in [4.78, 5) is 96.9. The van der Waals surface area contributed by atoms with Crippen molar-refractivity contribution in [3.63, 3.8) is 0 Å². The zero-order valence-corrected chi connectivity index (χ0v) is 51.3. The van der Waals surface area contributed by atoms with Crippen LogP contribution in [0.2, 0.25) is 0 Å². The zero-order chi connectivity index (χ0) is 63.7. The van der Waals surface area contributed by atoms with Crippen molar-refractivity contribution >= 4 is 74.6 Å². The Morgan fingerprint density at radius 1 is 0.954 bits per heavy atom. The number of allylic oxidation sites excluding steroid dienone is 7. The average molecular weight is 1310 g/mol. The van der Waals surface area contributed by atoms with Crippen LogP contribution in [0.4, 0.5) is 11.4 Å². The number of rotatable bonds is 26. The van der Waals surface area contributed by atoms with Crippen LogP contribution in [0.25, 0.3) is 0 Å². The first-order valence-corrected chi connectivity index (χ1v) is 32.8. The standard InChI is InChI=1S/C53H61N6O23P3S2/c1-6-57-41-24-22-37(86-80-79-64)28-39(41)52(2,3)45(57)15-9-7-10-16-46-53(4,5)40-29-38(87(72,73)74)23-25-42(40)58(46)31-34-18-20-35(21-19-34)50(62)75-27-12-8-11-17-47(60)55-26-13-14-36-32-59(51(63)56-49(36)61)48-30-43(78-54)44(77-48)33-76-84(68,69)82-85(70,71)81-83(65,66)67/h7-10,12,15-16,18-25,28-29,32,43-44,48H,6,11,17,26-27,30-31,33,54H2,1-5H3,(H7-,55,56,60,61,63,64,65,66,67,68,69,70,71,72,73,74)/p+1/b12-8+/t43-,44-,48-/m1/s1. The number of fused-ring (bicyclic) bond motifs is 2. The number of esters is 1. The Morgan fingerprint density at radius 2 is 1.69 bits per heavy atom. The van der Waals surface area contributed by atoms with E-state index in [0.717, 1.165) is 68.2 Å². The lowest BCUT2D eigenvalue weighted by atomic mass is 9.81. The molecule has 34 heteroatoms. The average Bonchev–Trinajstić information content (AvgIpc) is 1.62. The molecule has 468 valence electrons. The number of nitrogens with two attached hydrogens (primary N) is 1. The van der Waals surface area contributed by atoms with Gasteiger partial charge in [0.15, 0.2) is 5.71 Å². The van der Waals surface area contributed by atoms with Crippen molar-refractivity contribution in [1.29, 1.82) is 0 Å². The quantitative estimate of drug-likeness (QED) is 0.00325. The van der Waals surface area contributed by atoms with Crippen LogP contribution in [0.15, 0.2) is 134 Å². The number of carbonyl (C=O) groups excluding carboxylic acids is 2. The molecule has 4 aromatic rings. The van der Waals surface area contributed by atoms with E-state index >= 15 is 0 Å². The number of aromatic nitrogens is 2. The van der Waals surface area contributed by atoms with Gasteiger partial charge in [0, 0.05) is 65.0 Å². The first kappa shape index (κ1) is 68.2. The van der Waals surface area contributed by atoms with Gasteiger partial charge in [-0.15, -0.1) is 4.33 Å². The van der Waals surface area contributed by atoms with E-state index in [2.05, 4.69) is 81.0 Å². The Hall–Kier alpha value is -6.30. The molecule has 0 bridgehead atoms. The monoisotopic (exact) mass is 1310 g/mol. The van der Waals surface area contributed by atoms with Gasteiger partial charge in [-0.05, 0) is 86.9 Å². The van der Waals surface area contributed by atoms with Crippen LogP contribution in [0, 0.1) is 11.8 Å². The SMILES string of the molecule is CC[N+]1=C(/C=C/C=C/C=C2/N(Cc3ccc(C(=O)OC/C=C/CCC(=O)NCC#Cc4cn([C@H]5C[C@@H](ON)[C@@H](COP(=O)(O)OP(=O)(O)OP(=O)(O)O)O5)c(=O)[nH]c4=O)cc3)c3ccc(S(=O)(=O)O)cc3C2(C)C)C(C)(C)c2cc(SOOO)ccc21. The van der Waals surface area contributed by atoms with Crippen LogP contribution in [0.1, 0.15) is 92.7 Å². The molecule has 1 fully saturated rings. The number of carbonyl (C=O) groups is 2. The highest BCUT2D eigenvalue weighted by Gasteiger charge is 2.46. The van der Waals surface area contributed by atoms with Gasteiger partial charge in [-0.3, -0.25) is 33.1 Å². The van der Waals surface area contributed by atoms with Crippen molar-refractivity contribution in [3.8, 4) is 11.8 Å². The maximum Gasteiger partial charge on any atom is 0.490 e. The largest absolute Gasteiger partial charge is 0.490 e. The number of nitrogens with zero attached hydrogens (tertiary/aromatic N) is 3. The summed E-state index contributed by atoms with van der Waals surface area (Å²) in [5.41, 5.74) is 3.34. The van der Waals surface area contributed by atoms with Gasteiger partial charge in [0.05, 0.1) is 41.1 Å². The second kappa shape index (κ2) is 28.5. The van der Waals surface area contributed by atoms with E-state index < -0.39 is 87.2 Å². The normalized spacial score (nSPS) is 20.0. The van der Waals surface area contributed by atoms with Crippen molar-refractivity contribution in [2.24, 2.45) is 5.90 Å². The summed E-state index contributed by atoms with van der Waals surface area (Å²) >= 11 is 0.895. The molecule has 1 aromatic heterocycles. The van der Waals surface area contributed by atoms with Crippen molar-refractivity contribution in [1.82, 2.24) is 14.9 Å². The van der Waals surface area contributed by atoms with E-state index in [1.165, 1.54) is 12.1 Å². The first-order chi connectivity index (χ1) is 40.9. The Balaban J connectivity index is 0.899. The molecule has 0 radical (unpaired) electrons. The molecule has 3 aliphatic heterocycles. The molecule has 3 aromatic carbocycles. The number of benzene rings is 3. The molecule has 0 spiro atoms. The smallest absolute Gasteiger partial charge is 0.458 e. The maximum absolute atomic E-state index is 13.0. The molecule has 4 heterocycles. The summed E-state index contributed by atoms with van der Waals surface area (Å²) in [6.07, 6.45) is 10.3. The van der Waals surface area contributed by atoms with Crippen molar-refractivity contribution in [2.75, 3.05) is 31.2 Å². The summed E-state index contributed by atoms with van der Waals surface area (Å²) in [6.45, 7) is 10.0. The molecule has 0 aliphatic carbocycles. The lowest BCUT2D eigenvalue weighted by molar-refractivity contribution is -0.433. The number of phosphoric acid groups is 3. The fraction of sp³-hybridized carbons (Fsp3) is 0.340. The number of H-pyrrole nitrogens is 1. The van der Waals surface area contributed by atoms with E-state index in [9.17, 15) is 55.6 Å². The highest BCUT2D eigenvalue weighted by molar-refractivity contribution is 7.94. The van der Waals surface area contributed by atoms with Crippen LogP contribution in [0.3, 0.4) is 0 Å². The number of amides is 1. The Morgan fingerprint density at radius 3 is 2.37 bits per heavy atom. The van der Waals surface area contributed by atoms with Crippen LogP contribution in [-0.4, -0.2) is 108 Å². The Labute approximate surface area is 501 Å². The predicted molar refractivity (Wildman–Crippen MR) is 311 cm³/mol. The molecule has 29 nitrogen and oxygen atoms in total. The van der Waals surface area contributed by atoms with Gasteiger partial charge in [0.1, 0.15) is 37.2 Å². The van der Waals surface area contributed by atoms with Gasteiger partial charge in [-0.1, -0.05) is 73.2 Å². The molecular weight excluding hydrogens is 1250 g/mol. The third-order valence-corrected chi connectivity index (χ3v) is 19.1. The van der Waals surface area contributed by atoms with Crippen molar-refractivity contribution in [2.45, 2.75) is 99.5 Å². The fourth-order valence-corrected chi connectivity index (χ4v) is 13.7. The predicted octanol–water partition coefficient (Wildman–Crippen LogP) is 6.15. The number of hydrogen-bond acceptors (Lipinski definition) is 21. The molecule has 3 aliphatic rings. The van der Waals surface area contributed by atoms with E-state index in [4.69, 9.17) is 35.3 Å². The summed E-state index contributed by atoms with van der Waals surface area (Å²) in [6, 6.07) is 17.2. The second-order valence-electron chi connectivity index (χ2n) is 20.3. The minimum atomic E-state index is -5.81. The van der Waals surface area contributed by atoms with Gasteiger partial charge in [-0.2, -0.15) is 21.6 Å². The number of ether oxygens (including phenoxy) is 2. The molecular formula is C53H62N6O23P3S2+. The second-order valence-corrected chi connectivity index (χ2v) is 27.0. The van der Waals surface area contributed by atoms with Crippen molar-refractivity contribution in [3.05, 3.63) is 164 Å². The van der Waals surface area contributed by atoms with Gasteiger partial charge in [0.2, 0.25) is 11.6 Å². The van der Waals surface area contributed by atoms with Gasteiger partial charge >= 0.3 is 35.1 Å². The highest BCUT2D eigenvalue weighted by Crippen LogP contribution is 2.66. The van der Waals surface area contributed by atoms with E-state index in [0.29, 0.717) is 12.1 Å². The van der Waals surface area contributed by atoms with Gasteiger partial charge < -0.3 is 39.3 Å². The minimum Gasteiger partial charge on any atom is -0.458 e. The van der Waals surface area contributed by atoms with Crippen molar-refractivity contribution < 1.29 is 102 Å². The summed E-state index contributed by atoms with van der Waals surface area (Å²) in [7, 11) is -21.5. The summed E-state index contributed by atoms with van der Waals surface area (Å²) < 4.78 is 100. The summed E-state index contributed by atoms with van der Waals surface area (Å²) in [5.74, 6) is 9.43. The third kappa shape index (κ3) is 17.5. The highest BCUT2D eigenvalue weighted by atomic mass is 32.2. The number of hydrogen-bond donors (Lipinski definition) is 9. The maximum atomic E-state index is 13.0. The van der Waals surface area contributed by atoms with Crippen LogP contribution < -0.4 is 27.4 Å². The molecule has 1 amide bonds. The number of aromatic amines is 1. The number of nitrogens with one attached hydrogen (secondary N) is 2. The van der Waals surface area contributed by atoms with E-state index in [1.54, 1.807) is 42.5 Å². The number of phosphoric ester groups is 1. The zero-order valence-electron chi connectivity index (χ0n) is 47.0. The molecule has 0 saturated carbocycles. The van der Waals surface area contributed by atoms with Crippen LogP contribution in [0.5, 0.6) is 0 Å². The van der Waals surface area contributed by atoms with Crippen LogP contribution in [-0.2, 0) is 82.8 Å². The molecule has 1 saturated heterocycles. The molecule has 2 unspecified atom stereocenters. The van der Waals surface area contributed by atoms with E-state index in [-0.39, 0.29) is 53.9 Å². The fourth-order valence-electron chi connectivity index (χ4n) is 9.77. The Kier molecular flexibility index (Phi) is 22.3. The minimum absolute atomic E-state index is 0.0183. The lowest BCUT2D eigenvalue weighted by Gasteiger charge is -2.27. The van der Waals surface area contributed by atoms with Gasteiger partial charge in [0.25, 0.3) is 15.7 Å². The first-order valence-electron chi connectivity index (χ1n) is 26.1. The molecule has 5 atom stereocenters. The number of anilines is 1. The Bertz CT molecular complexity index is 3880. The van der Waals surface area contributed by atoms with E-state index in [1.807, 2.05) is 56.4 Å². The third-order valence-electron chi connectivity index (χ3n) is 13.8. The molecule has 10 N–H and O–H groups in total. The lowest BCUT2D eigenvalue weighted by Crippen LogP contribution is -2.34. The molecule has 7 rings (SSSR count). The van der Waals surface area contributed by atoms with Crippen LogP contribution >= 0.6 is 35.5 Å². The molecule has 87 heavy (non-hydrogen) atoms. The van der Waals surface area contributed by atoms with Gasteiger partial charge in [-0.25, -0.2) is 34.4 Å². The topological polar surface area (TPSA) is 414 Å².